The number of carbonyl (C=O) groups excluding carboxylic acids is 2. The van der Waals surface area contributed by atoms with Crippen LogP contribution in [0.15, 0.2) is 36.4 Å². The summed E-state index contributed by atoms with van der Waals surface area (Å²) in [6, 6.07) is 11.7. The molecule has 3 aromatic rings. The van der Waals surface area contributed by atoms with Gasteiger partial charge in [0.2, 0.25) is 5.91 Å². The number of H-pyrrole nitrogens is 1. The Morgan fingerprint density at radius 3 is 2.71 bits per heavy atom. The average Bonchev–Trinajstić information content (AvgIpc) is 3.21. The Kier molecular flexibility index (Phi) is 5.27. The molecule has 2 N–H and O–H groups in total. The third kappa shape index (κ3) is 4.09. The maximum Gasteiger partial charge on any atom is 0.264 e. The standard InChI is InChI=1S/C23H27N5O2S/c1-14(19-7-8-20(31-19)23(30)28-11-9-27(2)10-12-28)24-22(29)16-13-15(16)21-25-17-5-3-4-6-18(17)26-21/h3-8,14-16H,9-13H2,1-2H3,(H,24,29)(H,25,26)/t14?,15-,16-/m1/s1. The zero-order valence-corrected chi connectivity index (χ0v) is 18.6. The third-order valence-electron chi connectivity index (χ3n) is 6.30. The fraction of sp³-hybridized carbons (Fsp3) is 0.435. The van der Waals surface area contributed by atoms with Crippen molar-refractivity contribution in [2.45, 2.75) is 25.3 Å². The summed E-state index contributed by atoms with van der Waals surface area (Å²) >= 11 is 1.48. The Hall–Kier alpha value is -2.71. The highest BCUT2D eigenvalue weighted by Crippen LogP contribution is 2.47. The van der Waals surface area contributed by atoms with Gasteiger partial charge in [-0.3, -0.25) is 9.59 Å². The van der Waals surface area contributed by atoms with E-state index in [2.05, 4.69) is 27.2 Å². The van der Waals surface area contributed by atoms with Crippen LogP contribution in [0.2, 0.25) is 0 Å². The summed E-state index contributed by atoms with van der Waals surface area (Å²) in [6.45, 7) is 5.32. The monoisotopic (exact) mass is 437 g/mol. The lowest BCUT2D eigenvalue weighted by Gasteiger charge is -2.32. The van der Waals surface area contributed by atoms with E-state index in [9.17, 15) is 9.59 Å². The fourth-order valence-electron chi connectivity index (χ4n) is 4.19. The highest BCUT2D eigenvalue weighted by atomic mass is 32.1. The molecule has 31 heavy (non-hydrogen) atoms. The SMILES string of the molecule is CC(NC(=O)[C@@H]1C[C@H]1c1nc2ccccc2[nH]1)c1ccc(C(=O)N2CCN(C)CC2)s1. The number of hydrogen-bond donors (Lipinski definition) is 2. The molecule has 8 heteroatoms. The van der Waals surface area contributed by atoms with E-state index in [4.69, 9.17) is 0 Å². The molecule has 1 saturated heterocycles. The van der Waals surface area contributed by atoms with E-state index in [-0.39, 0.29) is 29.7 Å². The first-order chi connectivity index (χ1) is 15.0. The molecule has 1 saturated carbocycles. The van der Waals surface area contributed by atoms with Crippen LogP contribution in [0.4, 0.5) is 0 Å². The quantitative estimate of drug-likeness (QED) is 0.643. The maximum absolute atomic E-state index is 12.8. The lowest BCUT2D eigenvalue weighted by atomic mass is 10.2. The number of imidazole rings is 1. The number of benzene rings is 1. The van der Waals surface area contributed by atoms with Crippen molar-refractivity contribution in [3.05, 3.63) is 52.0 Å². The van der Waals surface area contributed by atoms with Crippen molar-refractivity contribution >= 4 is 34.2 Å². The number of hydrogen-bond acceptors (Lipinski definition) is 5. The van der Waals surface area contributed by atoms with E-state index in [1.54, 1.807) is 0 Å². The van der Waals surface area contributed by atoms with Crippen molar-refractivity contribution in [3.8, 4) is 0 Å². The zero-order chi connectivity index (χ0) is 21.5. The third-order valence-corrected chi connectivity index (χ3v) is 7.56. The average molecular weight is 438 g/mol. The molecule has 5 rings (SSSR count). The van der Waals surface area contributed by atoms with Crippen molar-refractivity contribution in [1.82, 2.24) is 25.1 Å². The molecule has 2 aromatic heterocycles. The number of nitrogens with zero attached hydrogens (tertiary/aromatic N) is 3. The van der Waals surface area contributed by atoms with Gasteiger partial charge in [0.25, 0.3) is 5.91 Å². The van der Waals surface area contributed by atoms with Gasteiger partial charge < -0.3 is 20.1 Å². The first-order valence-corrected chi connectivity index (χ1v) is 11.6. The normalized spacial score (nSPS) is 22.5. The summed E-state index contributed by atoms with van der Waals surface area (Å²) in [5.74, 6) is 1.14. The predicted molar refractivity (Wildman–Crippen MR) is 121 cm³/mol. The maximum atomic E-state index is 12.8. The number of nitrogens with one attached hydrogen (secondary N) is 2. The van der Waals surface area contributed by atoms with Crippen molar-refractivity contribution < 1.29 is 9.59 Å². The van der Waals surface area contributed by atoms with Crippen LogP contribution in [0.25, 0.3) is 11.0 Å². The molecule has 2 aliphatic rings. The van der Waals surface area contributed by atoms with E-state index >= 15 is 0 Å². The van der Waals surface area contributed by atoms with Gasteiger partial charge in [-0.25, -0.2) is 4.98 Å². The van der Waals surface area contributed by atoms with Gasteiger partial charge in [0, 0.05) is 42.9 Å². The molecule has 7 nitrogen and oxygen atoms in total. The summed E-state index contributed by atoms with van der Waals surface area (Å²) in [4.78, 5) is 39.4. The molecule has 1 unspecified atom stereocenters. The van der Waals surface area contributed by atoms with Crippen molar-refractivity contribution in [2.24, 2.45) is 5.92 Å². The van der Waals surface area contributed by atoms with Crippen molar-refractivity contribution in [2.75, 3.05) is 33.2 Å². The minimum absolute atomic E-state index is 0.0468. The number of rotatable bonds is 5. The molecule has 1 aliphatic heterocycles. The Labute approximate surface area is 185 Å². The van der Waals surface area contributed by atoms with Gasteiger partial charge in [-0.05, 0) is 44.7 Å². The molecule has 0 bridgehead atoms. The van der Waals surface area contributed by atoms with Crippen molar-refractivity contribution in [3.63, 3.8) is 0 Å². The largest absolute Gasteiger partial charge is 0.349 e. The number of thiophene rings is 1. The molecule has 1 aliphatic carbocycles. The number of aromatic nitrogens is 2. The zero-order valence-electron chi connectivity index (χ0n) is 17.8. The summed E-state index contributed by atoms with van der Waals surface area (Å²) in [7, 11) is 2.08. The molecule has 1 aromatic carbocycles. The minimum Gasteiger partial charge on any atom is -0.349 e. The Bertz CT molecular complexity index is 1080. The minimum atomic E-state index is -0.122. The van der Waals surface area contributed by atoms with Crippen LogP contribution in [-0.2, 0) is 4.79 Å². The Balaban J connectivity index is 1.18. The number of piperazine rings is 1. The number of likely N-dealkylation sites (N-methyl/N-ethyl adjacent to an activating group) is 1. The number of fused-ring (bicyclic) bond motifs is 1. The fourth-order valence-corrected chi connectivity index (χ4v) is 5.17. The van der Waals surface area contributed by atoms with Crippen LogP contribution in [0.5, 0.6) is 0 Å². The summed E-state index contributed by atoms with van der Waals surface area (Å²) in [5.41, 5.74) is 1.95. The lowest BCUT2D eigenvalue weighted by molar-refractivity contribution is -0.123. The van der Waals surface area contributed by atoms with E-state index in [1.807, 2.05) is 48.2 Å². The first-order valence-electron chi connectivity index (χ1n) is 10.8. The number of aromatic amines is 1. The second-order valence-corrected chi connectivity index (χ2v) is 9.73. The van der Waals surface area contributed by atoms with Crippen LogP contribution in [0.3, 0.4) is 0 Å². The molecule has 2 fully saturated rings. The van der Waals surface area contributed by atoms with Crippen molar-refractivity contribution in [1.29, 1.82) is 0 Å². The molecule has 0 spiro atoms. The summed E-state index contributed by atoms with van der Waals surface area (Å²) < 4.78 is 0. The van der Waals surface area contributed by atoms with Gasteiger partial charge in [-0.15, -0.1) is 11.3 Å². The molecule has 3 atom stereocenters. The smallest absolute Gasteiger partial charge is 0.264 e. The molecule has 162 valence electrons. The van der Waals surface area contributed by atoms with Gasteiger partial charge in [0.1, 0.15) is 5.82 Å². The number of carbonyl (C=O) groups is 2. The Morgan fingerprint density at radius 1 is 1.16 bits per heavy atom. The van der Waals surface area contributed by atoms with Crippen LogP contribution in [0.1, 0.15) is 45.7 Å². The van der Waals surface area contributed by atoms with E-state index in [0.717, 1.165) is 59.2 Å². The highest BCUT2D eigenvalue weighted by Gasteiger charge is 2.46. The van der Waals surface area contributed by atoms with Gasteiger partial charge in [-0.2, -0.15) is 0 Å². The second-order valence-electron chi connectivity index (χ2n) is 8.62. The first kappa shape index (κ1) is 20.2. The van der Waals surface area contributed by atoms with Gasteiger partial charge in [0.15, 0.2) is 0 Å². The second kappa shape index (κ2) is 8.09. The van der Waals surface area contributed by atoms with E-state index in [1.165, 1.54) is 11.3 Å². The van der Waals surface area contributed by atoms with Gasteiger partial charge in [-0.1, -0.05) is 12.1 Å². The van der Waals surface area contributed by atoms with E-state index in [0.29, 0.717) is 0 Å². The Morgan fingerprint density at radius 2 is 1.94 bits per heavy atom. The van der Waals surface area contributed by atoms with E-state index < -0.39 is 0 Å². The predicted octanol–water partition coefficient (Wildman–Crippen LogP) is 2.99. The van der Waals surface area contributed by atoms with Gasteiger partial charge >= 0.3 is 0 Å². The molecular weight excluding hydrogens is 410 g/mol. The molecule has 2 amide bonds. The molecular formula is C23H27N5O2S. The number of amides is 2. The lowest BCUT2D eigenvalue weighted by Crippen LogP contribution is -2.46. The highest BCUT2D eigenvalue weighted by molar-refractivity contribution is 7.14. The summed E-state index contributed by atoms with van der Waals surface area (Å²) in [5, 5.41) is 3.13. The number of para-hydroxylation sites is 2. The van der Waals surface area contributed by atoms with Crippen LogP contribution in [-0.4, -0.2) is 64.8 Å². The topological polar surface area (TPSA) is 81.3 Å². The molecule has 0 radical (unpaired) electrons. The molecule has 3 heterocycles. The summed E-state index contributed by atoms with van der Waals surface area (Å²) in [6.07, 6.45) is 0.815. The van der Waals surface area contributed by atoms with Crippen LogP contribution < -0.4 is 5.32 Å². The van der Waals surface area contributed by atoms with Crippen LogP contribution >= 0.6 is 11.3 Å². The van der Waals surface area contributed by atoms with Gasteiger partial charge in [0.05, 0.1) is 22.0 Å². The van der Waals surface area contributed by atoms with Crippen LogP contribution in [0, 0.1) is 5.92 Å².